The molecule has 0 fully saturated rings. The van der Waals surface area contributed by atoms with E-state index in [4.69, 9.17) is 0 Å². The standard InChI is InChI=1S/C20H19N3OS/c24-20(22-11-6-12-25-19-10-5-4-9-18(19)22)13-16-14-21-23(15-16)17-7-2-1-3-8-17/h1-5,7-10,14-15H,6,11-13H2. The average molecular weight is 349 g/mol. The molecule has 2 heterocycles. The summed E-state index contributed by atoms with van der Waals surface area (Å²) in [6.45, 7) is 0.773. The Bertz CT molecular complexity index is 875. The lowest BCUT2D eigenvalue weighted by atomic mass is 10.2. The Kier molecular flexibility index (Phi) is 4.57. The zero-order valence-electron chi connectivity index (χ0n) is 13.8. The summed E-state index contributed by atoms with van der Waals surface area (Å²) in [5, 5.41) is 4.39. The van der Waals surface area contributed by atoms with Crippen LogP contribution in [0.25, 0.3) is 5.69 Å². The molecule has 0 aliphatic carbocycles. The summed E-state index contributed by atoms with van der Waals surface area (Å²) >= 11 is 1.83. The molecule has 0 atom stereocenters. The van der Waals surface area contributed by atoms with Gasteiger partial charge in [-0.1, -0.05) is 30.3 Å². The lowest BCUT2D eigenvalue weighted by Crippen LogP contribution is -2.33. The van der Waals surface area contributed by atoms with E-state index < -0.39 is 0 Å². The van der Waals surface area contributed by atoms with Gasteiger partial charge in [-0.2, -0.15) is 5.10 Å². The minimum absolute atomic E-state index is 0.127. The van der Waals surface area contributed by atoms with Gasteiger partial charge < -0.3 is 4.90 Å². The van der Waals surface area contributed by atoms with Gasteiger partial charge in [0.1, 0.15) is 0 Å². The highest BCUT2D eigenvalue weighted by atomic mass is 32.2. The van der Waals surface area contributed by atoms with Crippen molar-refractivity contribution in [3.63, 3.8) is 0 Å². The van der Waals surface area contributed by atoms with Gasteiger partial charge in [-0.15, -0.1) is 11.8 Å². The monoisotopic (exact) mass is 349 g/mol. The molecule has 4 rings (SSSR count). The number of rotatable bonds is 3. The van der Waals surface area contributed by atoms with Gasteiger partial charge in [0.05, 0.1) is 24.0 Å². The number of aromatic nitrogens is 2. The molecule has 1 amide bonds. The third-order valence-corrected chi connectivity index (χ3v) is 5.40. The molecule has 0 spiro atoms. The second kappa shape index (κ2) is 7.15. The number of anilines is 1. The second-order valence-electron chi connectivity index (χ2n) is 6.02. The molecule has 126 valence electrons. The summed E-state index contributed by atoms with van der Waals surface area (Å²) < 4.78 is 1.81. The van der Waals surface area contributed by atoms with Crippen molar-refractivity contribution in [2.45, 2.75) is 17.7 Å². The number of carbonyl (C=O) groups is 1. The van der Waals surface area contributed by atoms with Crippen LogP contribution in [0.15, 0.2) is 71.9 Å². The minimum atomic E-state index is 0.127. The van der Waals surface area contributed by atoms with E-state index in [-0.39, 0.29) is 5.91 Å². The lowest BCUT2D eigenvalue weighted by molar-refractivity contribution is -0.118. The molecular weight excluding hydrogens is 330 g/mol. The van der Waals surface area contributed by atoms with Crippen LogP contribution in [0.3, 0.4) is 0 Å². The summed E-state index contributed by atoms with van der Waals surface area (Å²) in [5.41, 5.74) is 2.96. The first kappa shape index (κ1) is 16.0. The van der Waals surface area contributed by atoms with E-state index >= 15 is 0 Å². The highest BCUT2D eigenvalue weighted by Gasteiger charge is 2.21. The van der Waals surface area contributed by atoms with E-state index in [0.29, 0.717) is 6.42 Å². The molecule has 2 aromatic carbocycles. The number of thioether (sulfide) groups is 1. The maximum atomic E-state index is 12.9. The third kappa shape index (κ3) is 3.46. The Morgan fingerprint density at radius 3 is 2.76 bits per heavy atom. The topological polar surface area (TPSA) is 38.1 Å². The lowest BCUT2D eigenvalue weighted by Gasteiger charge is -2.22. The number of fused-ring (bicyclic) bond motifs is 1. The predicted octanol–water partition coefficient (Wildman–Crippen LogP) is 3.94. The van der Waals surface area contributed by atoms with Gasteiger partial charge in [0.15, 0.2) is 0 Å². The van der Waals surface area contributed by atoms with Crippen LogP contribution < -0.4 is 4.90 Å². The predicted molar refractivity (Wildman–Crippen MR) is 101 cm³/mol. The van der Waals surface area contributed by atoms with Crippen molar-refractivity contribution in [3.8, 4) is 5.69 Å². The summed E-state index contributed by atoms with van der Waals surface area (Å²) in [4.78, 5) is 16.0. The van der Waals surface area contributed by atoms with E-state index in [1.165, 1.54) is 4.90 Å². The number of nitrogens with zero attached hydrogens (tertiary/aromatic N) is 3. The van der Waals surface area contributed by atoms with Crippen molar-refractivity contribution in [1.82, 2.24) is 9.78 Å². The van der Waals surface area contributed by atoms with Crippen molar-refractivity contribution in [2.24, 2.45) is 0 Å². The average Bonchev–Trinajstić information content (AvgIpc) is 3.00. The Morgan fingerprint density at radius 2 is 1.88 bits per heavy atom. The van der Waals surface area contributed by atoms with Crippen LogP contribution in [-0.4, -0.2) is 28.0 Å². The highest BCUT2D eigenvalue weighted by Crippen LogP contribution is 2.33. The fraction of sp³-hybridized carbons (Fsp3) is 0.200. The van der Waals surface area contributed by atoms with Gasteiger partial charge in [-0.3, -0.25) is 4.79 Å². The smallest absolute Gasteiger partial charge is 0.231 e. The summed E-state index contributed by atoms with van der Waals surface area (Å²) in [6.07, 6.45) is 5.09. The van der Waals surface area contributed by atoms with E-state index in [9.17, 15) is 4.79 Å². The molecule has 0 bridgehead atoms. The van der Waals surface area contributed by atoms with Crippen molar-refractivity contribution < 1.29 is 4.79 Å². The van der Waals surface area contributed by atoms with Gasteiger partial charge in [-0.25, -0.2) is 4.68 Å². The maximum Gasteiger partial charge on any atom is 0.231 e. The van der Waals surface area contributed by atoms with Crippen LogP contribution in [0.1, 0.15) is 12.0 Å². The number of hydrogen-bond donors (Lipinski definition) is 0. The summed E-state index contributed by atoms with van der Waals surface area (Å²) in [6, 6.07) is 18.1. The Labute approximate surface area is 151 Å². The first-order valence-electron chi connectivity index (χ1n) is 8.42. The Hall–Kier alpha value is -2.53. The van der Waals surface area contributed by atoms with Gasteiger partial charge in [0.25, 0.3) is 0 Å². The van der Waals surface area contributed by atoms with Crippen molar-refractivity contribution in [1.29, 1.82) is 0 Å². The normalized spacial score (nSPS) is 14.0. The van der Waals surface area contributed by atoms with E-state index in [2.05, 4.69) is 11.2 Å². The molecule has 0 radical (unpaired) electrons. The highest BCUT2D eigenvalue weighted by molar-refractivity contribution is 7.99. The van der Waals surface area contributed by atoms with Crippen LogP contribution >= 0.6 is 11.8 Å². The summed E-state index contributed by atoms with van der Waals surface area (Å²) in [5.74, 6) is 1.18. The van der Waals surface area contributed by atoms with Crippen LogP contribution in [0.2, 0.25) is 0 Å². The first-order chi connectivity index (χ1) is 12.3. The van der Waals surface area contributed by atoms with Gasteiger partial charge in [0, 0.05) is 17.6 Å². The zero-order valence-corrected chi connectivity index (χ0v) is 14.7. The molecule has 5 heteroatoms. The molecule has 1 aliphatic heterocycles. The van der Waals surface area contributed by atoms with Crippen LogP contribution in [0, 0.1) is 0 Å². The van der Waals surface area contributed by atoms with Crippen LogP contribution in [-0.2, 0) is 11.2 Å². The maximum absolute atomic E-state index is 12.9. The number of amides is 1. The van der Waals surface area contributed by atoms with Gasteiger partial charge in [0.2, 0.25) is 5.91 Å². The Balaban J connectivity index is 1.54. The zero-order chi connectivity index (χ0) is 17.1. The largest absolute Gasteiger partial charge is 0.311 e. The first-order valence-corrected chi connectivity index (χ1v) is 9.41. The molecule has 3 aromatic rings. The van der Waals surface area contributed by atoms with Crippen molar-refractivity contribution in [3.05, 3.63) is 72.6 Å². The minimum Gasteiger partial charge on any atom is -0.311 e. The molecule has 0 unspecified atom stereocenters. The fourth-order valence-electron chi connectivity index (χ4n) is 3.03. The van der Waals surface area contributed by atoms with Gasteiger partial charge in [-0.05, 0) is 42.0 Å². The second-order valence-corrected chi connectivity index (χ2v) is 7.16. The molecule has 25 heavy (non-hydrogen) atoms. The Morgan fingerprint density at radius 1 is 1.08 bits per heavy atom. The molecule has 0 N–H and O–H groups in total. The number of para-hydroxylation sites is 2. The number of carbonyl (C=O) groups excluding carboxylic acids is 1. The van der Waals surface area contributed by atoms with E-state index in [0.717, 1.165) is 35.7 Å². The third-order valence-electron chi connectivity index (χ3n) is 4.25. The van der Waals surface area contributed by atoms with Crippen molar-refractivity contribution >= 4 is 23.4 Å². The van der Waals surface area contributed by atoms with Crippen LogP contribution in [0.5, 0.6) is 0 Å². The molecule has 1 aromatic heterocycles. The summed E-state index contributed by atoms with van der Waals surface area (Å²) in [7, 11) is 0. The van der Waals surface area contributed by atoms with Gasteiger partial charge >= 0.3 is 0 Å². The number of hydrogen-bond acceptors (Lipinski definition) is 3. The quantitative estimate of drug-likeness (QED) is 0.719. The molecule has 1 aliphatic rings. The SMILES string of the molecule is O=C(Cc1cnn(-c2ccccc2)c1)N1CCCSc2ccccc21. The van der Waals surface area contributed by atoms with Crippen molar-refractivity contribution in [2.75, 3.05) is 17.2 Å². The number of benzene rings is 2. The fourth-order valence-corrected chi connectivity index (χ4v) is 4.02. The van der Waals surface area contributed by atoms with Crippen LogP contribution in [0.4, 0.5) is 5.69 Å². The van der Waals surface area contributed by atoms with E-state index in [1.54, 1.807) is 6.20 Å². The molecular formula is C20H19N3OS. The molecule has 4 nitrogen and oxygen atoms in total. The van der Waals surface area contributed by atoms with E-state index in [1.807, 2.05) is 76.1 Å². The molecule has 0 saturated carbocycles. The molecule has 0 saturated heterocycles.